The first-order valence-corrected chi connectivity index (χ1v) is 6.76. The second-order valence-electron chi connectivity index (χ2n) is 4.41. The fraction of sp³-hybridized carbons (Fsp3) is 0.125. The van der Waals surface area contributed by atoms with Gasteiger partial charge in [0.1, 0.15) is 10.9 Å². The average molecular weight is 284 g/mol. The van der Waals surface area contributed by atoms with Gasteiger partial charge in [0.15, 0.2) is 0 Å². The van der Waals surface area contributed by atoms with Crippen LogP contribution in [0, 0.1) is 0 Å². The monoisotopic (exact) mass is 284 g/mol. The van der Waals surface area contributed by atoms with Crippen LogP contribution in [0.3, 0.4) is 0 Å². The molecule has 0 unspecified atom stereocenters. The van der Waals surface area contributed by atoms with E-state index in [9.17, 15) is 4.79 Å². The number of nitrogens with one attached hydrogen (secondary N) is 1. The number of allylic oxidation sites excluding steroid dienone is 3. The largest absolute Gasteiger partial charge is 0.306 e. The van der Waals surface area contributed by atoms with E-state index >= 15 is 0 Å². The molecule has 0 saturated carbocycles. The second-order valence-corrected chi connectivity index (χ2v) is 4.83. The summed E-state index contributed by atoms with van der Waals surface area (Å²) in [5.41, 5.74) is 2.12. The fourth-order valence-corrected chi connectivity index (χ4v) is 2.14. The van der Waals surface area contributed by atoms with Crippen LogP contribution < -0.4 is 5.56 Å². The number of benzene rings is 1. The number of aromatic nitrogens is 2. The van der Waals surface area contributed by atoms with Crippen molar-refractivity contribution < 1.29 is 0 Å². The molecule has 0 saturated heterocycles. The van der Waals surface area contributed by atoms with Crippen LogP contribution in [-0.2, 0) is 0 Å². The highest BCUT2D eigenvalue weighted by molar-refractivity contribution is 7.80. The Morgan fingerprint density at radius 3 is 2.60 bits per heavy atom. The summed E-state index contributed by atoms with van der Waals surface area (Å²) in [5.74, 6) is 0.529. The zero-order valence-corrected chi connectivity index (χ0v) is 12.3. The Balaban J connectivity index is 2.50. The van der Waals surface area contributed by atoms with Crippen LogP contribution in [0.4, 0.5) is 0 Å². The summed E-state index contributed by atoms with van der Waals surface area (Å²) < 4.78 is 0. The molecule has 1 heterocycles. The van der Waals surface area contributed by atoms with Crippen molar-refractivity contribution in [1.82, 2.24) is 9.97 Å². The van der Waals surface area contributed by atoms with Crippen molar-refractivity contribution in [3.8, 4) is 11.4 Å². The number of nitrogens with zero attached hydrogens (tertiary/aromatic N) is 1. The molecule has 0 aliphatic rings. The fourth-order valence-electron chi connectivity index (χ4n) is 1.87. The summed E-state index contributed by atoms with van der Waals surface area (Å²) in [7, 11) is 0. The lowest BCUT2D eigenvalue weighted by Crippen LogP contribution is -2.13. The van der Waals surface area contributed by atoms with Gasteiger partial charge < -0.3 is 4.98 Å². The summed E-state index contributed by atoms with van der Waals surface area (Å²) in [6.45, 7) is 3.86. The first-order valence-electron chi connectivity index (χ1n) is 6.31. The molecule has 0 radical (unpaired) electrons. The van der Waals surface area contributed by atoms with Crippen molar-refractivity contribution in [2.24, 2.45) is 0 Å². The van der Waals surface area contributed by atoms with E-state index in [1.807, 2.05) is 56.3 Å². The molecule has 1 N–H and O–H groups in total. The SMILES string of the molecule is C/C=C/C(C)=C/c1c(S)nc(-c2ccccc2)[nH]c1=O. The van der Waals surface area contributed by atoms with Gasteiger partial charge in [0, 0.05) is 5.56 Å². The van der Waals surface area contributed by atoms with Crippen molar-refractivity contribution in [2.45, 2.75) is 18.9 Å². The maximum Gasteiger partial charge on any atom is 0.259 e. The molecule has 4 heteroatoms. The lowest BCUT2D eigenvalue weighted by molar-refractivity contribution is 1.02. The minimum Gasteiger partial charge on any atom is -0.306 e. The Kier molecular flexibility index (Phi) is 4.58. The Labute approximate surface area is 123 Å². The molecule has 102 valence electrons. The third-order valence-corrected chi connectivity index (χ3v) is 3.12. The van der Waals surface area contributed by atoms with Crippen molar-refractivity contribution in [2.75, 3.05) is 0 Å². The molecule has 3 nitrogen and oxygen atoms in total. The molecule has 1 aromatic heterocycles. The van der Waals surface area contributed by atoms with Crippen LogP contribution in [0.15, 0.2) is 57.9 Å². The van der Waals surface area contributed by atoms with Crippen LogP contribution in [0.25, 0.3) is 17.5 Å². The van der Waals surface area contributed by atoms with E-state index in [4.69, 9.17) is 0 Å². The van der Waals surface area contributed by atoms with Crippen molar-refractivity contribution >= 4 is 18.7 Å². The Hall–Kier alpha value is -2.07. The molecule has 0 aliphatic carbocycles. The minimum atomic E-state index is -0.187. The maximum absolute atomic E-state index is 12.2. The molecular weight excluding hydrogens is 268 g/mol. The maximum atomic E-state index is 12.2. The highest BCUT2D eigenvalue weighted by atomic mass is 32.1. The number of thiol groups is 1. The highest BCUT2D eigenvalue weighted by Crippen LogP contribution is 2.17. The van der Waals surface area contributed by atoms with E-state index in [1.54, 1.807) is 6.08 Å². The van der Waals surface area contributed by atoms with E-state index in [0.717, 1.165) is 11.1 Å². The van der Waals surface area contributed by atoms with Gasteiger partial charge in [0.2, 0.25) is 0 Å². The molecule has 0 atom stereocenters. The third kappa shape index (κ3) is 3.27. The van der Waals surface area contributed by atoms with Gasteiger partial charge in [0.05, 0.1) is 5.56 Å². The van der Waals surface area contributed by atoms with Crippen LogP contribution in [0.1, 0.15) is 19.4 Å². The summed E-state index contributed by atoms with van der Waals surface area (Å²) in [6, 6.07) is 9.51. The van der Waals surface area contributed by atoms with Gasteiger partial charge in [-0.05, 0) is 19.9 Å². The van der Waals surface area contributed by atoms with Gasteiger partial charge in [-0.1, -0.05) is 48.1 Å². The highest BCUT2D eigenvalue weighted by Gasteiger charge is 2.08. The van der Waals surface area contributed by atoms with Crippen LogP contribution in [0.2, 0.25) is 0 Å². The molecule has 1 aromatic carbocycles. The predicted molar refractivity (Wildman–Crippen MR) is 86.0 cm³/mol. The van der Waals surface area contributed by atoms with Gasteiger partial charge >= 0.3 is 0 Å². The molecule has 2 aromatic rings. The molecular formula is C16H16N2OS. The van der Waals surface area contributed by atoms with Crippen LogP contribution in [0.5, 0.6) is 0 Å². The number of hydrogen-bond acceptors (Lipinski definition) is 3. The molecule has 0 amide bonds. The Morgan fingerprint density at radius 1 is 1.30 bits per heavy atom. The zero-order valence-electron chi connectivity index (χ0n) is 11.4. The predicted octanol–water partition coefficient (Wildman–Crippen LogP) is 3.71. The summed E-state index contributed by atoms with van der Waals surface area (Å²) >= 11 is 4.33. The minimum absolute atomic E-state index is 0.187. The first kappa shape index (κ1) is 14.3. The lowest BCUT2D eigenvalue weighted by Gasteiger charge is -2.04. The topological polar surface area (TPSA) is 45.8 Å². The van der Waals surface area contributed by atoms with Crippen LogP contribution in [-0.4, -0.2) is 9.97 Å². The Bertz CT molecular complexity index is 715. The van der Waals surface area contributed by atoms with Gasteiger partial charge in [0.25, 0.3) is 5.56 Å². The van der Waals surface area contributed by atoms with E-state index in [1.165, 1.54) is 0 Å². The summed E-state index contributed by atoms with van der Waals surface area (Å²) in [4.78, 5) is 19.3. The lowest BCUT2D eigenvalue weighted by atomic mass is 10.2. The molecule has 0 bridgehead atoms. The summed E-state index contributed by atoms with van der Waals surface area (Å²) in [6.07, 6.45) is 5.63. The molecule has 0 aliphatic heterocycles. The van der Waals surface area contributed by atoms with Crippen molar-refractivity contribution in [1.29, 1.82) is 0 Å². The number of H-pyrrole nitrogens is 1. The van der Waals surface area contributed by atoms with Crippen molar-refractivity contribution in [3.05, 3.63) is 64.0 Å². The second kappa shape index (κ2) is 6.39. The van der Waals surface area contributed by atoms with Crippen molar-refractivity contribution in [3.63, 3.8) is 0 Å². The first-order chi connectivity index (χ1) is 9.61. The van der Waals surface area contributed by atoms with E-state index in [-0.39, 0.29) is 5.56 Å². The number of aromatic amines is 1. The molecule has 2 rings (SSSR count). The van der Waals surface area contributed by atoms with Gasteiger partial charge in [-0.25, -0.2) is 4.98 Å². The standard InChI is InChI=1S/C16H16N2OS/c1-3-7-11(2)10-13-15(19)17-14(18-16(13)20)12-8-5-4-6-9-12/h3-10H,1-2H3,(H2,17,18,19,20)/b7-3+,11-10+. The van der Waals surface area contributed by atoms with E-state index < -0.39 is 0 Å². The molecule has 20 heavy (non-hydrogen) atoms. The number of rotatable bonds is 3. The van der Waals surface area contributed by atoms with Crippen LogP contribution >= 0.6 is 12.6 Å². The van der Waals surface area contributed by atoms with Gasteiger partial charge in [-0.2, -0.15) is 0 Å². The average Bonchev–Trinajstić information content (AvgIpc) is 2.44. The normalized spacial score (nSPS) is 12.1. The summed E-state index contributed by atoms with van der Waals surface area (Å²) in [5, 5.41) is 0.427. The van der Waals surface area contributed by atoms with E-state index in [2.05, 4.69) is 22.6 Å². The Morgan fingerprint density at radius 2 is 2.00 bits per heavy atom. The third-order valence-electron chi connectivity index (χ3n) is 2.78. The quantitative estimate of drug-likeness (QED) is 0.513. The van der Waals surface area contributed by atoms with Gasteiger partial charge in [-0.15, -0.1) is 12.6 Å². The number of hydrogen-bond donors (Lipinski definition) is 2. The van der Waals surface area contributed by atoms with E-state index in [0.29, 0.717) is 16.4 Å². The smallest absolute Gasteiger partial charge is 0.259 e. The molecule has 0 spiro atoms. The zero-order chi connectivity index (χ0) is 14.5. The van der Waals surface area contributed by atoms with Gasteiger partial charge in [-0.3, -0.25) is 4.79 Å². The molecule has 0 fully saturated rings.